The Balaban J connectivity index is 2.55. The fraction of sp³-hybridized carbons (Fsp3) is 0.467. The predicted molar refractivity (Wildman–Crippen MR) is 86.8 cm³/mol. The van der Waals surface area contributed by atoms with Crippen molar-refractivity contribution >= 4 is 33.1 Å². The van der Waals surface area contributed by atoms with Crippen molar-refractivity contribution in [2.45, 2.75) is 33.2 Å². The minimum absolute atomic E-state index is 0.115. The van der Waals surface area contributed by atoms with E-state index in [1.165, 1.54) is 16.2 Å². The second-order valence-electron chi connectivity index (χ2n) is 5.94. The first-order chi connectivity index (χ1) is 9.69. The predicted octanol–water partition coefficient (Wildman–Crippen LogP) is 2.34. The number of carbonyl (C=O) groups excluding carboxylic acids is 1. The summed E-state index contributed by atoms with van der Waals surface area (Å²) < 4.78 is 0. The van der Waals surface area contributed by atoms with Crippen molar-refractivity contribution in [1.82, 2.24) is 9.88 Å². The largest absolute Gasteiger partial charge is 0.397 e. The van der Waals surface area contributed by atoms with Gasteiger partial charge in [-0.25, -0.2) is 4.98 Å². The first-order valence-electron chi connectivity index (χ1n) is 6.74. The van der Waals surface area contributed by atoms with E-state index in [-0.39, 0.29) is 12.5 Å². The molecule has 0 saturated carbocycles. The normalized spacial score (nSPS) is 11.9. The lowest BCUT2D eigenvalue weighted by Gasteiger charge is -2.33. The molecule has 0 fully saturated rings. The number of hydrogen-bond acceptors (Lipinski definition) is 5. The number of aliphatic hydroxyl groups excluding tert-OH is 1. The van der Waals surface area contributed by atoms with Crippen LogP contribution in [0.25, 0.3) is 10.2 Å². The molecule has 0 unspecified atom stereocenters. The molecular formula is C15H21N3O2S. The Labute approximate surface area is 128 Å². The number of aromatic nitrogens is 1. The van der Waals surface area contributed by atoms with Crippen molar-refractivity contribution in [1.29, 1.82) is 0 Å². The molecule has 0 radical (unpaired) electrons. The van der Waals surface area contributed by atoms with Gasteiger partial charge in [0, 0.05) is 18.1 Å². The van der Waals surface area contributed by atoms with Gasteiger partial charge in [-0.15, -0.1) is 11.3 Å². The van der Waals surface area contributed by atoms with E-state index < -0.39 is 5.54 Å². The number of aliphatic hydroxyl groups is 1. The van der Waals surface area contributed by atoms with Crippen LogP contribution in [0.2, 0.25) is 0 Å². The lowest BCUT2D eigenvalue weighted by molar-refractivity contribution is 0.0479. The Morgan fingerprint density at radius 2 is 2.10 bits per heavy atom. The molecule has 2 aromatic rings. The highest BCUT2D eigenvalue weighted by Crippen LogP contribution is 2.36. The summed E-state index contributed by atoms with van der Waals surface area (Å²) in [5, 5.41) is 10.3. The number of pyridine rings is 1. The van der Waals surface area contributed by atoms with Gasteiger partial charge >= 0.3 is 0 Å². The molecule has 2 heterocycles. The molecule has 0 aromatic carbocycles. The third-order valence-corrected chi connectivity index (χ3v) is 4.91. The Hall–Kier alpha value is -1.66. The zero-order valence-electron chi connectivity index (χ0n) is 13.0. The van der Waals surface area contributed by atoms with E-state index in [4.69, 9.17) is 5.73 Å². The van der Waals surface area contributed by atoms with Crippen molar-refractivity contribution in [2.75, 3.05) is 19.4 Å². The number of thiophene rings is 1. The molecule has 114 valence electrons. The number of nitrogens with zero attached hydrogens (tertiary/aromatic N) is 2. The van der Waals surface area contributed by atoms with Gasteiger partial charge in [-0.1, -0.05) is 0 Å². The van der Waals surface area contributed by atoms with E-state index in [1.807, 2.05) is 33.8 Å². The molecule has 1 amide bonds. The molecule has 0 atom stereocenters. The summed E-state index contributed by atoms with van der Waals surface area (Å²) in [6.45, 7) is 7.39. The topological polar surface area (TPSA) is 79.5 Å². The molecule has 0 aliphatic rings. The number of aryl methyl sites for hydroxylation is 2. The van der Waals surface area contributed by atoms with Crippen molar-refractivity contribution in [3.63, 3.8) is 0 Å². The molecule has 0 aliphatic heterocycles. The van der Waals surface area contributed by atoms with Crippen molar-refractivity contribution in [3.05, 3.63) is 22.2 Å². The van der Waals surface area contributed by atoms with E-state index in [1.54, 1.807) is 7.05 Å². The fourth-order valence-electron chi connectivity index (χ4n) is 2.16. The highest BCUT2D eigenvalue weighted by Gasteiger charge is 2.30. The van der Waals surface area contributed by atoms with Gasteiger partial charge in [0.25, 0.3) is 5.91 Å². The second-order valence-corrected chi connectivity index (χ2v) is 6.94. The summed E-state index contributed by atoms with van der Waals surface area (Å²) in [5.74, 6) is -0.188. The second kappa shape index (κ2) is 5.27. The SMILES string of the molecule is Cc1cc(C)c2c(N)c(C(=O)N(C)C(C)(C)CO)sc2n1. The van der Waals surface area contributed by atoms with E-state index in [9.17, 15) is 9.90 Å². The van der Waals surface area contributed by atoms with Crippen LogP contribution in [0.15, 0.2) is 6.07 Å². The Morgan fingerprint density at radius 1 is 1.48 bits per heavy atom. The van der Waals surface area contributed by atoms with E-state index in [0.717, 1.165) is 21.5 Å². The molecule has 0 saturated heterocycles. The Morgan fingerprint density at radius 3 is 2.67 bits per heavy atom. The van der Waals surface area contributed by atoms with Crippen LogP contribution in [0.4, 0.5) is 5.69 Å². The third-order valence-electron chi connectivity index (χ3n) is 3.82. The highest BCUT2D eigenvalue weighted by molar-refractivity contribution is 7.21. The van der Waals surface area contributed by atoms with Gasteiger partial charge in [-0.3, -0.25) is 4.79 Å². The first-order valence-corrected chi connectivity index (χ1v) is 7.56. The number of anilines is 1. The number of hydrogen-bond donors (Lipinski definition) is 2. The van der Waals surface area contributed by atoms with Crippen LogP contribution in [-0.2, 0) is 0 Å². The molecule has 0 spiro atoms. The van der Waals surface area contributed by atoms with E-state index >= 15 is 0 Å². The molecule has 3 N–H and O–H groups in total. The maximum Gasteiger partial charge on any atom is 0.266 e. The van der Waals surface area contributed by atoms with Gasteiger partial charge in [-0.05, 0) is 39.3 Å². The fourth-order valence-corrected chi connectivity index (χ4v) is 3.35. The molecule has 5 nitrogen and oxygen atoms in total. The van der Waals surface area contributed by atoms with Crippen LogP contribution < -0.4 is 5.73 Å². The first kappa shape index (κ1) is 15.7. The van der Waals surface area contributed by atoms with Crippen molar-refractivity contribution in [3.8, 4) is 0 Å². The molecule has 6 heteroatoms. The standard InChI is InChI=1S/C15H21N3O2S/c1-8-6-9(2)17-13-10(8)11(16)12(21-13)14(20)18(5)15(3,4)7-19/h6,19H,7,16H2,1-5H3. The van der Waals surface area contributed by atoms with Crippen LogP contribution in [0.1, 0.15) is 34.8 Å². The third kappa shape index (κ3) is 2.61. The lowest BCUT2D eigenvalue weighted by atomic mass is 10.0. The van der Waals surface area contributed by atoms with Crippen LogP contribution in [0.5, 0.6) is 0 Å². The minimum atomic E-state index is -0.641. The number of carbonyl (C=O) groups is 1. The monoisotopic (exact) mass is 307 g/mol. The van der Waals surface area contributed by atoms with Gasteiger partial charge in [0.1, 0.15) is 9.71 Å². The summed E-state index contributed by atoms with van der Waals surface area (Å²) in [5.41, 5.74) is 7.94. The average molecular weight is 307 g/mol. The molecule has 0 aliphatic carbocycles. The van der Waals surface area contributed by atoms with Gasteiger partial charge in [0.05, 0.1) is 17.8 Å². The van der Waals surface area contributed by atoms with Crippen LogP contribution in [-0.4, -0.2) is 40.1 Å². The van der Waals surface area contributed by atoms with Crippen LogP contribution >= 0.6 is 11.3 Å². The number of amides is 1. The highest BCUT2D eigenvalue weighted by atomic mass is 32.1. The summed E-state index contributed by atoms with van der Waals surface area (Å²) in [6.07, 6.45) is 0. The smallest absolute Gasteiger partial charge is 0.266 e. The summed E-state index contributed by atoms with van der Waals surface area (Å²) in [7, 11) is 1.67. The number of rotatable bonds is 3. The zero-order valence-corrected chi connectivity index (χ0v) is 13.8. The Kier molecular flexibility index (Phi) is 3.95. The quantitative estimate of drug-likeness (QED) is 0.912. The summed E-state index contributed by atoms with van der Waals surface area (Å²) in [4.78, 5) is 19.9. The van der Waals surface area contributed by atoms with E-state index in [2.05, 4.69) is 4.98 Å². The van der Waals surface area contributed by atoms with Crippen LogP contribution in [0, 0.1) is 13.8 Å². The number of fused-ring (bicyclic) bond motifs is 1. The molecule has 21 heavy (non-hydrogen) atoms. The van der Waals surface area contributed by atoms with Gasteiger partial charge in [-0.2, -0.15) is 0 Å². The molecule has 2 rings (SSSR count). The molecular weight excluding hydrogens is 286 g/mol. The number of nitrogen functional groups attached to an aromatic ring is 1. The molecule has 2 aromatic heterocycles. The minimum Gasteiger partial charge on any atom is -0.397 e. The summed E-state index contributed by atoms with van der Waals surface area (Å²) >= 11 is 1.31. The maximum atomic E-state index is 12.7. The molecule has 0 bridgehead atoms. The average Bonchev–Trinajstić information content (AvgIpc) is 2.74. The van der Waals surface area contributed by atoms with Gasteiger partial charge in [0.2, 0.25) is 0 Å². The Bertz CT molecular complexity index is 706. The number of likely N-dealkylation sites (N-methyl/N-ethyl adjacent to an activating group) is 1. The van der Waals surface area contributed by atoms with Gasteiger partial charge in [0.15, 0.2) is 0 Å². The van der Waals surface area contributed by atoms with Crippen LogP contribution in [0.3, 0.4) is 0 Å². The maximum absolute atomic E-state index is 12.7. The van der Waals surface area contributed by atoms with Crippen molar-refractivity contribution < 1.29 is 9.90 Å². The number of nitrogens with two attached hydrogens (primary N) is 1. The summed E-state index contributed by atoms with van der Waals surface area (Å²) in [6, 6.07) is 1.96. The van der Waals surface area contributed by atoms with Gasteiger partial charge < -0.3 is 15.7 Å². The van der Waals surface area contributed by atoms with E-state index in [0.29, 0.717) is 10.6 Å². The zero-order chi connectivity index (χ0) is 15.9. The van der Waals surface area contributed by atoms with Crippen molar-refractivity contribution in [2.24, 2.45) is 0 Å². The lowest BCUT2D eigenvalue weighted by Crippen LogP contribution is -2.47.